The van der Waals surface area contributed by atoms with E-state index in [4.69, 9.17) is 21.3 Å². The van der Waals surface area contributed by atoms with Crippen LogP contribution in [-0.2, 0) is 22.6 Å². The molecule has 1 N–H and O–H groups in total. The zero-order valence-electron chi connectivity index (χ0n) is 17.4. The standard InChI is InChI=1S/C24H25ClN2O3S/c1-16-22(31-24(26-16)17-8-10-19(25)11-9-17)15-30-20-6-4-12-27(14-20)21-7-3-2-5-18(21)13-23(28)29/h2-3,5,7-11,20H,4,6,12-15H2,1H3,(H,28,29). The third-order valence-corrected chi connectivity index (χ3v) is 6.92. The van der Waals surface area contributed by atoms with Gasteiger partial charge in [-0.15, -0.1) is 11.3 Å². The molecule has 162 valence electrons. The number of benzene rings is 2. The molecule has 1 fully saturated rings. The number of thiazole rings is 1. The van der Waals surface area contributed by atoms with Gasteiger partial charge in [-0.2, -0.15) is 0 Å². The van der Waals surface area contributed by atoms with Crippen LogP contribution in [0.5, 0.6) is 0 Å². The van der Waals surface area contributed by atoms with Crippen LogP contribution in [-0.4, -0.2) is 35.3 Å². The topological polar surface area (TPSA) is 62.7 Å². The summed E-state index contributed by atoms with van der Waals surface area (Å²) in [4.78, 5) is 19.3. The van der Waals surface area contributed by atoms with Crippen molar-refractivity contribution in [2.45, 2.75) is 38.9 Å². The Morgan fingerprint density at radius 1 is 1.26 bits per heavy atom. The molecule has 2 heterocycles. The molecule has 1 aliphatic heterocycles. The number of carboxylic acids is 1. The van der Waals surface area contributed by atoms with E-state index in [1.54, 1.807) is 11.3 Å². The van der Waals surface area contributed by atoms with Gasteiger partial charge in [0, 0.05) is 29.4 Å². The van der Waals surface area contributed by atoms with E-state index >= 15 is 0 Å². The Bertz CT molecular complexity index is 1050. The van der Waals surface area contributed by atoms with E-state index < -0.39 is 5.97 Å². The highest BCUT2D eigenvalue weighted by atomic mass is 35.5. The number of anilines is 1. The van der Waals surface area contributed by atoms with Gasteiger partial charge >= 0.3 is 5.97 Å². The van der Waals surface area contributed by atoms with E-state index in [1.807, 2.05) is 55.5 Å². The number of hydrogen-bond acceptors (Lipinski definition) is 5. The number of carbonyl (C=O) groups is 1. The van der Waals surface area contributed by atoms with E-state index in [-0.39, 0.29) is 12.5 Å². The molecular weight excluding hydrogens is 432 g/mol. The average Bonchev–Trinajstić information content (AvgIpc) is 3.13. The Balaban J connectivity index is 1.41. The Morgan fingerprint density at radius 2 is 2.03 bits per heavy atom. The molecular formula is C24H25ClN2O3S. The quantitative estimate of drug-likeness (QED) is 0.502. The molecule has 0 aliphatic carbocycles. The van der Waals surface area contributed by atoms with Gasteiger partial charge < -0.3 is 14.7 Å². The number of rotatable bonds is 7. The summed E-state index contributed by atoms with van der Waals surface area (Å²) in [6.45, 7) is 4.23. The molecule has 0 amide bonds. The second kappa shape index (κ2) is 9.81. The number of aryl methyl sites for hydroxylation is 1. The summed E-state index contributed by atoms with van der Waals surface area (Å²) < 4.78 is 6.28. The molecule has 31 heavy (non-hydrogen) atoms. The molecule has 1 aliphatic rings. The lowest BCUT2D eigenvalue weighted by Gasteiger charge is -2.35. The van der Waals surface area contributed by atoms with Crippen molar-refractivity contribution in [3.8, 4) is 10.6 Å². The van der Waals surface area contributed by atoms with Crippen LogP contribution in [0.1, 0.15) is 29.0 Å². The first-order valence-corrected chi connectivity index (χ1v) is 11.6. The van der Waals surface area contributed by atoms with E-state index in [9.17, 15) is 9.90 Å². The minimum absolute atomic E-state index is 0.0335. The fourth-order valence-electron chi connectivity index (χ4n) is 3.90. The van der Waals surface area contributed by atoms with E-state index in [0.717, 1.165) is 58.3 Å². The van der Waals surface area contributed by atoms with Crippen molar-refractivity contribution in [3.63, 3.8) is 0 Å². The van der Waals surface area contributed by atoms with Crippen molar-refractivity contribution in [2.24, 2.45) is 0 Å². The van der Waals surface area contributed by atoms with Crippen LogP contribution >= 0.6 is 22.9 Å². The number of ether oxygens (including phenoxy) is 1. The number of para-hydroxylation sites is 1. The predicted octanol–water partition coefficient (Wildman–Crippen LogP) is 5.58. The highest BCUT2D eigenvalue weighted by Crippen LogP contribution is 2.31. The molecule has 1 unspecified atom stereocenters. The number of hydrogen-bond donors (Lipinski definition) is 1. The monoisotopic (exact) mass is 456 g/mol. The van der Waals surface area contributed by atoms with Crippen LogP contribution in [0.15, 0.2) is 48.5 Å². The fraction of sp³-hybridized carbons (Fsp3) is 0.333. The summed E-state index contributed by atoms with van der Waals surface area (Å²) in [5.41, 5.74) is 3.90. The van der Waals surface area contributed by atoms with Crippen molar-refractivity contribution in [1.82, 2.24) is 4.98 Å². The molecule has 0 spiro atoms. The summed E-state index contributed by atoms with van der Waals surface area (Å²) in [6.07, 6.45) is 2.15. The van der Waals surface area contributed by atoms with Gasteiger partial charge in [0.15, 0.2) is 0 Å². The summed E-state index contributed by atoms with van der Waals surface area (Å²) in [7, 11) is 0. The number of aromatic nitrogens is 1. The Labute approximate surface area is 191 Å². The van der Waals surface area contributed by atoms with Gasteiger partial charge in [0.05, 0.1) is 29.7 Å². The number of aliphatic carboxylic acids is 1. The van der Waals surface area contributed by atoms with Crippen LogP contribution in [0, 0.1) is 6.92 Å². The Morgan fingerprint density at radius 3 is 2.81 bits per heavy atom. The highest BCUT2D eigenvalue weighted by Gasteiger charge is 2.23. The maximum Gasteiger partial charge on any atom is 0.307 e. The largest absolute Gasteiger partial charge is 0.481 e. The Kier molecular flexibility index (Phi) is 6.90. The minimum atomic E-state index is -0.811. The van der Waals surface area contributed by atoms with Crippen LogP contribution in [0.3, 0.4) is 0 Å². The van der Waals surface area contributed by atoms with Gasteiger partial charge in [-0.25, -0.2) is 4.98 Å². The minimum Gasteiger partial charge on any atom is -0.481 e. The molecule has 4 rings (SSSR count). The van der Waals surface area contributed by atoms with E-state index in [1.165, 1.54) is 0 Å². The summed E-state index contributed by atoms with van der Waals surface area (Å²) in [5.74, 6) is -0.811. The summed E-state index contributed by atoms with van der Waals surface area (Å²) in [5, 5.41) is 10.9. The number of nitrogens with zero attached hydrogens (tertiary/aromatic N) is 2. The van der Waals surface area contributed by atoms with Gasteiger partial charge in [-0.05, 0) is 43.5 Å². The molecule has 1 aromatic heterocycles. The van der Waals surface area contributed by atoms with Crippen molar-refractivity contribution in [2.75, 3.05) is 18.0 Å². The zero-order chi connectivity index (χ0) is 21.8. The van der Waals surface area contributed by atoms with Crippen LogP contribution in [0.25, 0.3) is 10.6 Å². The van der Waals surface area contributed by atoms with Gasteiger partial charge in [-0.1, -0.05) is 41.9 Å². The molecule has 0 bridgehead atoms. The van der Waals surface area contributed by atoms with Crippen LogP contribution in [0.2, 0.25) is 5.02 Å². The summed E-state index contributed by atoms with van der Waals surface area (Å²) in [6, 6.07) is 15.5. The lowest BCUT2D eigenvalue weighted by molar-refractivity contribution is -0.136. The van der Waals surface area contributed by atoms with Crippen molar-refractivity contribution >= 4 is 34.6 Å². The summed E-state index contributed by atoms with van der Waals surface area (Å²) >= 11 is 7.65. The SMILES string of the molecule is Cc1nc(-c2ccc(Cl)cc2)sc1COC1CCCN(c2ccccc2CC(=O)O)C1. The third-order valence-electron chi connectivity index (χ3n) is 5.49. The smallest absolute Gasteiger partial charge is 0.307 e. The zero-order valence-corrected chi connectivity index (χ0v) is 19.0. The maximum atomic E-state index is 11.2. The molecule has 1 atom stereocenters. The van der Waals surface area contributed by atoms with Gasteiger partial charge in [0.2, 0.25) is 0 Å². The number of piperidine rings is 1. The first-order chi connectivity index (χ1) is 15.0. The number of halogens is 1. The van der Waals surface area contributed by atoms with E-state index in [0.29, 0.717) is 11.6 Å². The second-order valence-electron chi connectivity index (χ2n) is 7.75. The predicted molar refractivity (Wildman–Crippen MR) is 125 cm³/mol. The molecule has 0 saturated carbocycles. The highest BCUT2D eigenvalue weighted by molar-refractivity contribution is 7.15. The molecule has 7 heteroatoms. The van der Waals surface area contributed by atoms with Crippen molar-refractivity contribution < 1.29 is 14.6 Å². The molecule has 2 aromatic carbocycles. The fourth-order valence-corrected chi connectivity index (χ4v) is 5.01. The Hall–Kier alpha value is -2.41. The molecule has 3 aromatic rings. The van der Waals surface area contributed by atoms with Crippen LogP contribution in [0.4, 0.5) is 5.69 Å². The first-order valence-electron chi connectivity index (χ1n) is 10.4. The van der Waals surface area contributed by atoms with E-state index in [2.05, 4.69) is 4.90 Å². The lowest BCUT2D eigenvalue weighted by Crippen LogP contribution is -2.40. The maximum absolute atomic E-state index is 11.2. The molecule has 0 radical (unpaired) electrons. The number of carboxylic acid groups (broad SMARTS) is 1. The van der Waals surface area contributed by atoms with Gasteiger partial charge in [0.1, 0.15) is 5.01 Å². The van der Waals surface area contributed by atoms with Crippen molar-refractivity contribution in [3.05, 3.63) is 69.7 Å². The average molecular weight is 457 g/mol. The van der Waals surface area contributed by atoms with Gasteiger partial charge in [0.25, 0.3) is 0 Å². The normalized spacial score (nSPS) is 16.5. The first kappa shape index (κ1) is 21.8. The van der Waals surface area contributed by atoms with Gasteiger partial charge in [-0.3, -0.25) is 4.79 Å². The second-order valence-corrected chi connectivity index (χ2v) is 9.28. The van der Waals surface area contributed by atoms with Crippen molar-refractivity contribution in [1.29, 1.82) is 0 Å². The lowest BCUT2D eigenvalue weighted by atomic mass is 10.0. The molecule has 5 nitrogen and oxygen atoms in total. The van der Waals surface area contributed by atoms with Crippen LogP contribution < -0.4 is 4.90 Å². The third kappa shape index (κ3) is 5.45. The molecule has 1 saturated heterocycles.